The molecule has 2 amide bonds. The summed E-state index contributed by atoms with van der Waals surface area (Å²) in [5.74, 6) is 3.79. The quantitative estimate of drug-likeness (QED) is 0.227. The van der Waals surface area contributed by atoms with Gasteiger partial charge in [0.15, 0.2) is 0 Å². The Labute approximate surface area is 221 Å². The first-order chi connectivity index (χ1) is 18.2. The van der Waals surface area contributed by atoms with E-state index in [0.717, 1.165) is 44.2 Å². The van der Waals surface area contributed by atoms with Crippen molar-refractivity contribution in [1.29, 1.82) is 0 Å². The van der Waals surface area contributed by atoms with Gasteiger partial charge in [-0.25, -0.2) is 4.39 Å². The summed E-state index contributed by atoms with van der Waals surface area (Å²) in [7, 11) is 3.06. The molecule has 11 heteroatoms. The van der Waals surface area contributed by atoms with Crippen molar-refractivity contribution in [3.63, 3.8) is 0 Å². The Morgan fingerprint density at radius 3 is 2.58 bits per heavy atom. The van der Waals surface area contributed by atoms with Crippen LogP contribution >= 0.6 is 0 Å². The minimum Gasteiger partial charge on any atom is -0.391 e. The van der Waals surface area contributed by atoms with Gasteiger partial charge in [-0.1, -0.05) is 12.5 Å². The number of benzene rings is 1. The predicted octanol–water partition coefficient (Wildman–Crippen LogP) is 1.75. The fourth-order valence-corrected chi connectivity index (χ4v) is 4.45. The molecule has 0 spiro atoms. The van der Waals surface area contributed by atoms with E-state index in [0.29, 0.717) is 18.0 Å². The van der Waals surface area contributed by atoms with Crippen LogP contribution in [0, 0.1) is 17.7 Å². The second kappa shape index (κ2) is 12.9. The Hall–Kier alpha value is -4.17. The second-order valence-corrected chi connectivity index (χ2v) is 9.03. The first-order valence-electron chi connectivity index (χ1n) is 12.3. The monoisotopic (exact) mass is 523 g/mol. The first kappa shape index (κ1) is 28.4. The van der Waals surface area contributed by atoms with Crippen molar-refractivity contribution in [2.75, 3.05) is 27.3 Å². The highest BCUT2D eigenvalue weighted by Crippen LogP contribution is 2.34. The largest absolute Gasteiger partial charge is 0.391 e. The lowest BCUT2D eigenvalue weighted by molar-refractivity contribution is -0.127. The number of nitrogens with two attached hydrogens (primary N) is 3. The lowest BCUT2D eigenvalue weighted by Crippen LogP contribution is -2.36. The average Bonchev–Trinajstić information content (AvgIpc) is 3.50. The summed E-state index contributed by atoms with van der Waals surface area (Å²) in [5.41, 5.74) is 17.3. The number of aliphatic imine (C=N–C) groups is 1. The van der Waals surface area contributed by atoms with Crippen molar-refractivity contribution in [3.8, 4) is 11.8 Å². The number of carbonyl (C=O) groups is 2. The van der Waals surface area contributed by atoms with E-state index in [9.17, 15) is 14.0 Å². The molecule has 2 heterocycles. The number of hydrogen-bond donors (Lipinski definition) is 3. The molecule has 1 aliphatic heterocycles. The Kier molecular flexibility index (Phi) is 9.62. The lowest BCUT2D eigenvalue weighted by Gasteiger charge is -2.26. The fraction of sp³-hybridized carbons (Fsp3) is 0.407. The molecule has 2 fully saturated rings. The molecule has 1 aromatic heterocycles. The predicted molar refractivity (Wildman–Crippen MR) is 144 cm³/mol. The molecule has 202 valence electrons. The van der Waals surface area contributed by atoms with Gasteiger partial charge in [-0.05, 0) is 56.2 Å². The molecule has 2 aromatic rings. The number of hydrogen-bond acceptors (Lipinski definition) is 6. The average molecular weight is 524 g/mol. The van der Waals surface area contributed by atoms with Gasteiger partial charge >= 0.3 is 0 Å². The Morgan fingerprint density at radius 2 is 2.00 bits per heavy atom. The van der Waals surface area contributed by atoms with E-state index in [1.54, 1.807) is 19.4 Å². The number of likely N-dealkylation sites (tertiary alicyclic amines) is 1. The minimum absolute atomic E-state index is 0.0227. The summed E-state index contributed by atoms with van der Waals surface area (Å²) in [4.78, 5) is 28.3. The molecule has 1 saturated heterocycles. The number of halogens is 1. The zero-order valence-electron chi connectivity index (χ0n) is 21.7. The van der Waals surface area contributed by atoms with Crippen molar-refractivity contribution in [1.82, 2.24) is 14.7 Å². The summed E-state index contributed by atoms with van der Waals surface area (Å²) in [5, 5.41) is 4.97. The number of allylic oxidation sites excluding steroid dienone is 1. The number of methoxy groups -OCH3 is 1. The molecular formula is C27H34FN7O3. The Morgan fingerprint density at radius 1 is 1.26 bits per heavy atom. The molecule has 6 N–H and O–H groups in total. The van der Waals surface area contributed by atoms with Gasteiger partial charge in [-0.3, -0.25) is 19.3 Å². The highest BCUT2D eigenvalue weighted by atomic mass is 19.1. The summed E-state index contributed by atoms with van der Waals surface area (Å²) in [6.07, 6.45) is 8.37. The van der Waals surface area contributed by atoms with Crippen LogP contribution in [0.25, 0.3) is 10.9 Å². The van der Waals surface area contributed by atoms with Gasteiger partial charge in [0.2, 0.25) is 5.91 Å². The standard InChI is InChI=1S/C18H19FN6O.C9H15NO2/c1-23-17(21)16(18(22)26)14(20)7-5-11-12-9-24-25(10-3-2-4-10)15(12)8-6-13(11)19;1-3-9(11)10-6-4-5-8(10)7-12-2/h6,8-10H,2-4,20H2,1H3,(H2,21,23)(H2,22,26);3,8H,1,4-7H2,2H3/b16-14+;. The van der Waals surface area contributed by atoms with Crippen LogP contribution in [0.1, 0.15) is 43.7 Å². The molecule has 0 radical (unpaired) electrons. The number of primary amides is 1. The van der Waals surface area contributed by atoms with Crippen LogP contribution in [-0.4, -0.2) is 65.7 Å². The molecule has 2 aliphatic rings. The van der Waals surface area contributed by atoms with Crippen molar-refractivity contribution in [2.24, 2.45) is 22.2 Å². The van der Waals surface area contributed by atoms with Gasteiger partial charge < -0.3 is 26.8 Å². The van der Waals surface area contributed by atoms with Gasteiger partial charge in [0.05, 0.1) is 41.7 Å². The first-order valence-corrected chi connectivity index (χ1v) is 12.3. The third-order valence-electron chi connectivity index (χ3n) is 6.68. The normalized spacial score (nSPS) is 18.0. The number of aromatic nitrogens is 2. The van der Waals surface area contributed by atoms with Crippen LogP contribution in [0.5, 0.6) is 0 Å². The molecule has 0 bridgehead atoms. The van der Waals surface area contributed by atoms with Crippen molar-refractivity contribution < 1.29 is 18.7 Å². The molecule has 1 aromatic carbocycles. The van der Waals surface area contributed by atoms with E-state index in [1.807, 2.05) is 9.58 Å². The third-order valence-corrected chi connectivity index (χ3v) is 6.68. The maximum Gasteiger partial charge on any atom is 0.255 e. The molecule has 38 heavy (non-hydrogen) atoms. The number of nitrogens with zero attached hydrogens (tertiary/aromatic N) is 4. The lowest BCUT2D eigenvalue weighted by atomic mass is 9.93. The van der Waals surface area contributed by atoms with E-state index >= 15 is 0 Å². The van der Waals surface area contributed by atoms with Crippen LogP contribution in [0.3, 0.4) is 0 Å². The molecule has 1 saturated carbocycles. The molecule has 1 aliphatic carbocycles. The maximum absolute atomic E-state index is 14.3. The van der Waals surface area contributed by atoms with Gasteiger partial charge in [0.25, 0.3) is 5.91 Å². The topological polar surface area (TPSA) is 155 Å². The van der Waals surface area contributed by atoms with Crippen LogP contribution in [0.2, 0.25) is 0 Å². The summed E-state index contributed by atoms with van der Waals surface area (Å²) < 4.78 is 21.2. The zero-order valence-corrected chi connectivity index (χ0v) is 21.7. The molecule has 4 rings (SSSR count). The van der Waals surface area contributed by atoms with E-state index in [4.69, 9.17) is 21.9 Å². The highest BCUT2D eigenvalue weighted by molar-refractivity contribution is 6.20. The van der Waals surface area contributed by atoms with E-state index in [2.05, 4.69) is 28.5 Å². The summed E-state index contributed by atoms with van der Waals surface area (Å²) in [6.45, 7) is 4.95. The van der Waals surface area contributed by atoms with E-state index in [-0.39, 0.29) is 34.6 Å². The van der Waals surface area contributed by atoms with Crippen LogP contribution in [0.15, 0.2) is 47.2 Å². The number of fused-ring (bicyclic) bond motifs is 1. The minimum atomic E-state index is -0.851. The van der Waals surface area contributed by atoms with Crippen molar-refractivity contribution >= 4 is 28.6 Å². The Balaban J connectivity index is 0.000000279. The summed E-state index contributed by atoms with van der Waals surface area (Å²) in [6, 6.07) is 3.64. The maximum atomic E-state index is 14.3. The molecule has 1 unspecified atom stereocenters. The third kappa shape index (κ3) is 6.20. The Bertz CT molecular complexity index is 1330. The van der Waals surface area contributed by atoms with Gasteiger partial charge in [-0.15, -0.1) is 0 Å². The summed E-state index contributed by atoms with van der Waals surface area (Å²) >= 11 is 0. The second-order valence-electron chi connectivity index (χ2n) is 9.03. The number of carbonyl (C=O) groups excluding carboxylic acids is 2. The zero-order chi connectivity index (χ0) is 27.8. The van der Waals surface area contributed by atoms with E-state index in [1.165, 1.54) is 19.2 Å². The van der Waals surface area contributed by atoms with E-state index < -0.39 is 11.7 Å². The molecular weight excluding hydrogens is 489 g/mol. The van der Waals surface area contributed by atoms with Crippen LogP contribution in [-0.2, 0) is 14.3 Å². The highest BCUT2D eigenvalue weighted by Gasteiger charge is 2.26. The SMILES string of the molecule is C=CC(=O)N1CCCC1COC.CN=C(N)/C(C(N)=O)=C(\N)C#Cc1c(F)ccc2c1cnn2C1CCC1. The number of amidine groups is 1. The van der Waals surface area contributed by atoms with Crippen molar-refractivity contribution in [3.05, 3.63) is 53.6 Å². The van der Waals surface area contributed by atoms with Crippen LogP contribution < -0.4 is 17.2 Å². The van der Waals surface area contributed by atoms with Crippen molar-refractivity contribution in [2.45, 2.75) is 44.2 Å². The fourth-order valence-electron chi connectivity index (χ4n) is 4.45. The smallest absolute Gasteiger partial charge is 0.255 e. The van der Waals surface area contributed by atoms with Gasteiger partial charge in [-0.2, -0.15) is 5.10 Å². The number of amides is 2. The van der Waals surface area contributed by atoms with Crippen LogP contribution in [0.4, 0.5) is 4.39 Å². The van der Waals surface area contributed by atoms with Gasteiger partial charge in [0.1, 0.15) is 17.2 Å². The molecule has 1 atom stereocenters. The molecule has 10 nitrogen and oxygen atoms in total. The number of ether oxygens (including phenoxy) is 1. The van der Waals surface area contributed by atoms with Gasteiger partial charge in [0, 0.05) is 26.1 Å². The number of rotatable bonds is 6.